The quantitative estimate of drug-likeness (QED) is 0.879. The molecule has 0 saturated carbocycles. The zero-order chi connectivity index (χ0) is 13.3. The zero-order valence-corrected chi connectivity index (χ0v) is 13.0. The number of fused-ring (bicyclic) bond motifs is 1. The van der Waals surface area contributed by atoms with Gasteiger partial charge in [-0.05, 0) is 49.1 Å². The van der Waals surface area contributed by atoms with Crippen molar-refractivity contribution in [1.82, 2.24) is 5.32 Å². The molecule has 20 heavy (non-hydrogen) atoms. The second kappa shape index (κ2) is 6.43. The van der Waals surface area contributed by atoms with Crippen molar-refractivity contribution in [3.05, 3.63) is 21.9 Å². The van der Waals surface area contributed by atoms with E-state index in [0.29, 0.717) is 26.1 Å². The van der Waals surface area contributed by atoms with Crippen LogP contribution in [-0.2, 0) is 16.0 Å². The molecule has 1 amide bonds. The Bertz CT molecular complexity index is 471. The number of nitrogens with two attached hydrogens (primary N) is 1. The molecular formula is C14H21ClN2O2S. The highest BCUT2D eigenvalue weighted by Gasteiger charge is 2.37. The first-order chi connectivity index (χ1) is 9.19. The molecule has 1 unspecified atom stereocenters. The van der Waals surface area contributed by atoms with Crippen molar-refractivity contribution >= 4 is 29.7 Å². The molecule has 0 aromatic carbocycles. The van der Waals surface area contributed by atoms with E-state index in [9.17, 15) is 4.79 Å². The summed E-state index contributed by atoms with van der Waals surface area (Å²) in [5.74, 6) is -0.0140. The summed E-state index contributed by atoms with van der Waals surface area (Å²) in [5.41, 5.74) is 6.77. The summed E-state index contributed by atoms with van der Waals surface area (Å²) in [6, 6.07) is 2.28. The molecule has 1 aliphatic carbocycles. The minimum absolute atomic E-state index is 0. The van der Waals surface area contributed by atoms with Crippen molar-refractivity contribution < 1.29 is 9.53 Å². The first-order valence-corrected chi connectivity index (χ1v) is 7.81. The fourth-order valence-corrected chi connectivity index (χ4v) is 3.89. The number of hydrogen-bond donors (Lipinski definition) is 2. The molecule has 4 nitrogen and oxygen atoms in total. The number of amides is 1. The lowest BCUT2D eigenvalue weighted by Crippen LogP contribution is -2.57. The minimum Gasteiger partial charge on any atom is -0.381 e. The molecule has 0 spiro atoms. The molecule has 2 aliphatic rings. The molecule has 3 rings (SSSR count). The van der Waals surface area contributed by atoms with Gasteiger partial charge in [-0.25, -0.2) is 0 Å². The Morgan fingerprint density at radius 1 is 1.45 bits per heavy atom. The molecule has 1 aromatic rings. The summed E-state index contributed by atoms with van der Waals surface area (Å²) >= 11 is 1.79. The summed E-state index contributed by atoms with van der Waals surface area (Å²) in [4.78, 5) is 13.8. The van der Waals surface area contributed by atoms with E-state index in [1.165, 1.54) is 10.4 Å². The van der Waals surface area contributed by atoms with Gasteiger partial charge in [0.2, 0.25) is 5.91 Å². The van der Waals surface area contributed by atoms with E-state index in [1.54, 1.807) is 11.3 Å². The van der Waals surface area contributed by atoms with Crippen molar-refractivity contribution in [2.75, 3.05) is 13.2 Å². The maximum Gasteiger partial charge on any atom is 0.240 e. The molecule has 1 aliphatic heterocycles. The van der Waals surface area contributed by atoms with Gasteiger partial charge in [0, 0.05) is 18.1 Å². The fourth-order valence-electron chi connectivity index (χ4n) is 2.90. The smallest absolute Gasteiger partial charge is 0.240 e. The Balaban J connectivity index is 0.00000147. The van der Waals surface area contributed by atoms with E-state index in [2.05, 4.69) is 16.8 Å². The predicted molar refractivity (Wildman–Crippen MR) is 82.4 cm³/mol. The Morgan fingerprint density at radius 3 is 2.95 bits per heavy atom. The van der Waals surface area contributed by atoms with Crippen molar-refractivity contribution in [3.8, 4) is 0 Å². The normalized spacial score (nSPS) is 24.4. The first kappa shape index (κ1) is 15.8. The summed E-state index contributed by atoms with van der Waals surface area (Å²) < 4.78 is 5.29. The van der Waals surface area contributed by atoms with Gasteiger partial charge >= 0.3 is 0 Å². The number of carbonyl (C=O) groups is 1. The average Bonchev–Trinajstić information content (AvgIpc) is 2.89. The Morgan fingerprint density at radius 2 is 2.20 bits per heavy atom. The molecule has 3 N–H and O–H groups in total. The van der Waals surface area contributed by atoms with Crippen LogP contribution < -0.4 is 11.1 Å². The molecule has 1 saturated heterocycles. The maximum atomic E-state index is 12.4. The van der Waals surface area contributed by atoms with Crippen LogP contribution >= 0.6 is 23.7 Å². The Labute approximate surface area is 129 Å². The summed E-state index contributed by atoms with van der Waals surface area (Å²) in [6.07, 6.45) is 4.52. The second-order valence-electron chi connectivity index (χ2n) is 5.49. The van der Waals surface area contributed by atoms with Crippen LogP contribution in [0.15, 0.2) is 11.4 Å². The lowest BCUT2D eigenvalue weighted by atomic mass is 9.88. The number of nitrogens with one attached hydrogen (secondary N) is 1. The third-order valence-electron chi connectivity index (χ3n) is 4.19. The van der Waals surface area contributed by atoms with E-state index >= 15 is 0 Å². The van der Waals surface area contributed by atoms with Gasteiger partial charge in [0.1, 0.15) is 0 Å². The number of ether oxygens (including phenoxy) is 1. The lowest BCUT2D eigenvalue weighted by Gasteiger charge is -2.34. The monoisotopic (exact) mass is 316 g/mol. The van der Waals surface area contributed by atoms with Crippen molar-refractivity contribution in [2.45, 2.75) is 43.7 Å². The van der Waals surface area contributed by atoms with E-state index in [0.717, 1.165) is 19.3 Å². The third kappa shape index (κ3) is 3.01. The highest BCUT2D eigenvalue weighted by Crippen LogP contribution is 2.33. The number of carbonyl (C=O) groups excluding carboxylic acids is 1. The molecule has 1 aromatic heterocycles. The number of thiophene rings is 1. The number of halogens is 1. The highest BCUT2D eigenvalue weighted by atomic mass is 35.5. The van der Waals surface area contributed by atoms with Crippen LogP contribution in [0.5, 0.6) is 0 Å². The third-order valence-corrected chi connectivity index (χ3v) is 5.19. The van der Waals surface area contributed by atoms with Crippen molar-refractivity contribution in [3.63, 3.8) is 0 Å². The van der Waals surface area contributed by atoms with Crippen LogP contribution in [0.25, 0.3) is 0 Å². The van der Waals surface area contributed by atoms with Crippen LogP contribution in [0.2, 0.25) is 0 Å². The van der Waals surface area contributed by atoms with E-state index in [4.69, 9.17) is 10.5 Å². The number of rotatable bonds is 2. The molecule has 1 fully saturated rings. The van der Waals surface area contributed by atoms with Crippen LogP contribution in [0.1, 0.15) is 42.2 Å². The zero-order valence-electron chi connectivity index (χ0n) is 11.4. The Kier molecular flexibility index (Phi) is 5.07. The molecule has 112 valence electrons. The minimum atomic E-state index is -0.744. The molecule has 0 bridgehead atoms. The topological polar surface area (TPSA) is 64.4 Å². The number of hydrogen-bond acceptors (Lipinski definition) is 4. The van der Waals surface area contributed by atoms with Crippen molar-refractivity contribution in [2.24, 2.45) is 5.73 Å². The average molecular weight is 317 g/mol. The summed E-state index contributed by atoms with van der Waals surface area (Å²) in [7, 11) is 0. The Hall–Kier alpha value is -0.620. The second-order valence-corrected chi connectivity index (χ2v) is 6.49. The molecule has 0 radical (unpaired) electrons. The van der Waals surface area contributed by atoms with Gasteiger partial charge in [-0.2, -0.15) is 0 Å². The van der Waals surface area contributed by atoms with Crippen LogP contribution in [0.4, 0.5) is 0 Å². The predicted octanol–water partition coefficient (Wildman–Crippen LogP) is 2.17. The van der Waals surface area contributed by atoms with Crippen LogP contribution in [-0.4, -0.2) is 24.7 Å². The molecule has 2 heterocycles. The van der Waals surface area contributed by atoms with E-state index < -0.39 is 5.54 Å². The largest absolute Gasteiger partial charge is 0.381 e. The summed E-state index contributed by atoms with van der Waals surface area (Å²) in [6.45, 7) is 1.16. The SMILES string of the molecule is Cl.NC1(C(=O)NC2CCCc3sccc32)CCOCC1. The standard InChI is InChI=1S/C14H20N2O2S.ClH/c15-14(5-7-18-8-6-14)13(17)16-11-2-1-3-12-10(11)4-9-19-12;/h4,9,11H,1-3,5-8,15H2,(H,16,17);1H. The number of aryl methyl sites for hydroxylation is 1. The summed E-state index contributed by atoms with van der Waals surface area (Å²) in [5, 5.41) is 5.27. The van der Waals surface area contributed by atoms with Gasteiger partial charge in [-0.1, -0.05) is 0 Å². The van der Waals surface area contributed by atoms with Crippen LogP contribution in [0, 0.1) is 0 Å². The van der Waals surface area contributed by atoms with Gasteiger partial charge < -0.3 is 15.8 Å². The van der Waals surface area contributed by atoms with Gasteiger partial charge in [0.05, 0.1) is 11.6 Å². The molecule has 1 atom stereocenters. The van der Waals surface area contributed by atoms with Crippen LogP contribution in [0.3, 0.4) is 0 Å². The molecular weight excluding hydrogens is 296 g/mol. The maximum absolute atomic E-state index is 12.4. The van der Waals surface area contributed by atoms with Gasteiger partial charge in [0.25, 0.3) is 0 Å². The molecule has 6 heteroatoms. The fraction of sp³-hybridized carbons (Fsp3) is 0.643. The van der Waals surface area contributed by atoms with E-state index in [-0.39, 0.29) is 24.4 Å². The first-order valence-electron chi connectivity index (χ1n) is 6.93. The highest BCUT2D eigenvalue weighted by molar-refractivity contribution is 7.10. The van der Waals surface area contributed by atoms with Gasteiger partial charge in [0.15, 0.2) is 0 Å². The van der Waals surface area contributed by atoms with Gasteiger partial charge in [-0.3, -0.25) is 4.79 Å². The van der Waals surface area contributed by atoms with Gasteiger partial charge in [-0.15, -0.1) is 23.7 Å². The van der Waals surface area contributed by atoms with Crippen molar-refractivity contribution in [1.29, 1.82) is 0 Å². The lowest BCUT2D eigenvalue weighted by molar-refractivity contribution is -0.130. The van der Waals surface area contributed by atoms with E-state index in [1.807, 2.05) is 0 Å².